The average molecular weight is 246 g/mol. The van der Waals surface area contributed by atoms with E-state index in [9.17, 15) is 0 Å². The van der Waals surface area contributed by atoms with Gasteiger partial charge in [0.05, 0.1) is 0 Å². The second-order valence-corrected chi connectivity index (χ2v) is 7.81. The quantitative estimate of drug-likeness (QED) is 0.817. The Morgan fingerprint density at radius 3 is 2.44 bits per heavy atom. The summed E-state index contributed by atoms with van der Waals surface area (Å²) in [5, 5.41) is 3.73. The average Bonchev–Trinajstić information content (AvgIpc) is 3.23. The van der Waals surface area contributed by atoms with Crippen molar-refractivity contribution in [2.45, 2.75) is 50.6 Å². The van der Waals surface area contributed by atoms with E-state index < -0.39 is 0 Å². The van der Waals surface area contributed by atoms with Gasteiger partial charge in [0.15, 0.2) is 0 Å². The Bertz CT molecular complexity index is 335. The summed E-state index contributed by atoms with van der Waals surface area (Å²) in [7, 11) is 0. The fourth-order valence-corrected chi connectivity index (χ4v) is 5.69. The van der Waals surface area contributed by atoms with Crippen LogP contribution in [0.1, 0.15) is 38.5 Å². The molecule has 5 fully saturated rings. The molecule has 2 bridgehead atoms. The van der Waals surface area contributed by atoms with E-state index >= 15 is 0 Å². The number of hydrogen-bond acceptors (Lipinski definition) is 2. The third-order valence-electron chi connectivity index (χ3n) is 6.71. The summed E-state index contributed by atoms with van der Waals surface area (Å²) in [5.74, 6) is 5.56. The Morgan fingerprint density at radius 1 is 0.944 bits per heavy atom. The molecule has 5 rings (SSSR count). The van der Waals surface area contributed by atoms with E-state index in [0.717, 1.165) is 41.7 Å². The second-order valence-electron chi connectivity index (χ2n) is 7.81. The molecule has 0 aromatic rings. The Kier molecular flexibility index (Phi) is 2.21. The molecule has 1 saturated heterocycles. The van der Waals surface area contributed by atoms with Gasteiger partial charge in [0, 0.05) is 18.6 Å². The van der Waals surface area contributed by atoms with E-state index in [0.29, 0.717) is 0 Å². The molecule has 5 aliphatic rings. The van der Waals surface area contributed by atoms with Crippen molar-refractivity contribution in [1.82, 2.24) is 10.2 Å². The van der Waals surface area contributed by atoms with Gasteiger partial charge in [0.1, 0.15) is 0 Å². The third kappa shape index (κ3) is 1.54. The summed E-state index contributed by atoms with van der Waals surface area (Å²) in [6, 6.07) is 1.94. The van der Waals surface area contributed by atoms with Gasteiger partial charge in [-0.05, 0) is 81.2 Å². The zero-order chi connectivity index (χ0) is 11.7. The van der Waals surface area contributed by atoms with Crippen molar-refractivity contribution in [3.63, 3.8) is 0 Å². The van der Waals surface area contributed by atoms with Gasteiger partial charge in [0.2, 0.25) is 0 Å². The molecule has 18 heavy (non-hydrogen) atoms. The van der Waals surface area contributed by atoms with Crippen molar-refractivity contribution in [1.29, 1.82) is 0 Å². The topological polar surface area (TPSA) is 15.3 Å². The first-order valence-corrected chi connectivity index (χ1v) is 8.37. The van der Waals surface area contributed by atoms with Crippen LogP contribution in [0.15, 0.2) is 0 Å². The van der Waals surface area contributed by atoms with Crippen LogP contribution in [-0.4, -0.2) is 36.6 Å². The number of hydrogen-bond donors (Lipinski definition) is 1. The van der Waals surface area contributed by atoms with Crippen LogP contribution in [0.3, 0.4) is 0 Å². The van der Waals surface area contributed by atoms with Crippen molar-refractivity contribution in [3.8, 4) is 0 Å². The SMILES string of the molecule is C1CN(C2C3C4CCC(C4)C32)CC1CNC1CC1. The van der Waals surface area contributed by atoms with Crippen LogP contribution in [-0.2, 0) is 0 Å². The van der Waals surface area contributed by atoms with E-state index in [4.69, 9.17) is 0 Å². The summed E-state index contributed by atoms with van der Waals surface area (Å²) >= 11 is 0. The predicted octanol–water partition coefficient (Wildman–Crippen LogP) is 2.10. The Labute approximate surface area is 110 Å². The van der Waals surface area contributed by atoms with Gasteiger partial charge in [-0.3, -0.25) is 4.90 Å². The van der Waals surface area contributed by atoms with Crippen molar-refractivity contribution >= 4 is 0 Å². The molecule has 4 saturated carbocycles. The lowest BCUT2D eigenvalue weighted by Gasteiger charge is -2.20. The Balaban J connectivity index is 1.18. The van der Waals surface area contributed by atoms with Crippen molar-refractivity contribution < 1.29 is 0 Å². The Morgan fingerprint density at radius 2 is 1.72 bits per heavy atom. The summed E-state index contributed by atoms with van der Waals surface area (Å²) in [6.07, 6.45) is 9.09. The largest absolute Gasteiger partial charge is 0.314 e. The first kappa shape index (κ1) is 10.7. The number of nitrogens with zero attached hydrogens (tertiary/aromatic N) is 1. The lowest BCUT2D eigenvalue weighted by molar-refractivity contribution is 0.256. The van der Waals surface area contributed by atoms with Gasteiger partial charge in [-0.2, -0.15) is 0 Å². The summed E-state index contributed by atoms with van der Waals surface area (Å²) < 4.78 is 0. The first-order chi connectivity index (χ1) is 8.90. The second kappa shape index (κ2) is 3.73. The maximum absolute atomic E-state index is 3.73. The van der Waals surface area contributed by atoms with Gasteiger partial charge >= 0.3 is 0 Å². The van der Waals surface area contributed by atoms with Gasteiger partial charge < -0.3 is 5.32 Å². The van der Waals surface area contributed by atoms with E-state index in [-0.39, 0.29) is 0 Å². The third-order valence-corrected chi connectivity index (χ3v) is 6.71. The fourth-order valence-electron chi connectivity index (χ4n) is 5.69. The van der Waals surface area contributed by atoms with E-state index in [1.807, 2.05) is 0 Å². The van der Waals surface area contributed by atoms with Crippen LogP contribution in [0.5, 0.6) is 0 Å². The smallest absolute Gasteiger partial charge is 0.0164 e. The minimum atomic E-state index is 0.898. The fraction of sp³-hybridized carbons (Fsp3) is 1.00. The van der Waals surface area contributed by atoms with Crippen LogP contribution >= 0.6 is 0 Å². The molecule has 100 valence electrons. The highest BCUT2D eigenvalue weighted by molar-refractivity contribution is 5.18. The molecule has 0 aromatic heterocycles. The lowest BCUT2D eigenvalue weighted by Crippen LogP contribution is -2.31. The normalized spacial score (nSPS) is 54.0. The van der Waals surface area contributed by atoms with Crippen molar-refractivity contribution in [3.05, 3.63) is 0 Å². The molecule has 0 spiro atoms. The van der Waals surface area contributed by atoms with E-state index in [2.05, 4.69) is 10.2 Å². The van der Waals surface area contributed by atoms with Crippen molar-refractivity contribution in [2.75, 3.05) is 19.6 Å². The zero-order valence-corrected chi connectivity index (χ0v) is 11.4. The summed E-state index contributed by atoms with van der Waals surface area (Å²) in [4.78, 5) is 2.89. The lowest BCUT2D eigenvalue weighted by atomic mass is 10.0. The number of fused-ring (bicyclic) bond motifs is 5. The van der Waals surface area contributed by atoms with Crippen LogP contribution in [0.4, 0.5) is 0 Å². The molecule has 5 unspecified atom stereocenters. The highest BCUT2D eigenvalue weighted by Crippen LogP contribution is 2.67. The molecule has 1 aliphatic heterocycles. The molecule has 0 aromatic carbocycles. The molecule has 2 nitrogen and oxygen atoms in total. The predicted molar refractivity (Wildman–Crippen MR) is 72.3 cm³/mol. The van der Waals surface area contributed by atoms with Crippen LogP contribution in [0, 0.1) is 29.6 Å². The van der Waals surface area contributed by atoms with Gasteiger partial charge in [-0.1, -0.05) is 0 Å². The Hall–Kier alpha value is -0.0800. The van der Waals surface area contributed by atoms with E-state index in [1.54, 1.807) is 19.3 Å². The minimum Gasteiger partial charge on any atom is -0.314 e. The minimum absolute atomic E-state index is 0.898. The molecular weight excluding hydrogens is 220 g/mol. The van der Waals surface area contributed by atoms with Gasteiger partial charge in [-0.25, -0.2) is 0 Å². The summed E-state index contributed by atoms with van der Waals surface area (Å²) in [5.41, 5.74) is 0. The molecular formula is C16H26N2. The molecule has 0 amide bonds. The van der Waals surface area contributed by atoms with E-state index in [1.165, 1.54) is 38.9 Å². The number of likely N-dealkylation sites (tertiary alicyclic amines) is 1. The molecule has 1 heterocycles. The first-order valence-electron chi connectivity index (χ1n) is 8.37. The van der Waals surface area contributed by atoms with Crippen LogP contribution in [0.2, 0.25) is 0 Å². The molecule has 2 heteroatoms. The van der Waals surface area contributed by atoms with Crippen molar-refractivity contribution in [2.24, 2.45) is 29.6 Å². The van der Waals surface area contributed by atoms with Crippen LogP contribution in [0.25, 0.3) is 0 Å². The highest BCUT2D eigenvalue weighted by Gasteiger charge is 2.66. The van der Waals surface area contributed by atoms with Crippen LogP contribution < -0.4 is 5.32 Å². The highest BCUT2D eigenvalue weighted by atomic mass is 15.2. The standard InChI is InChI=1S/C16H26N2/c1-2-12-7-11(1)14-15(12)16(14)18-6-5-10(9-18)8-17-13-3-4-13/h10-17H,1-9H2. The zero-order valence-electron chi connectivity index (χ0n) is 11.4. The molecule has 1 N–H and O–H groups in total. The maximum atomic E-state index is 3.73. The molecule has 0 radical (unpaired) electrons. The maximum Gasteiger partial charge on any atom is 0.0164 e. The summed E-state index contributed by atoms with van der Waals surface area (Å²) in [6.45, 7) is 4.13. The molecule has 4 aliphatic carbocycles. The molecule has 5 atom stereocenters. The van der Waals surface area contributed by atoms with Gasteiger partial charge in [0.25, 0.3) is 0 Å². The monoisotopic (exact) mass is 246 g/mol. The number of nitrogens with one attached hydrogen (secondary N) is 1. The van der Waals surface area contributed by atoms with Gasteiger partial charge in [-0.15, -0.1) is 0 Å². The number of rotatable bonds is 4.